The third-order valence-corrected chi connectivity index (χ3v) is 2.75. The average molecular weight is 228 g/mol. The van der Waals surface area contributed by atoms with E-state index in [1.54, 1.807) is 0 Å². The van der Waals surface area contributed by atoms with Gasteiger partial charge in [0.2, 0.25) is 0 Å². The Morgan fingerprint density at radius 2 is 2.47 bits per heavy atom. The molecule has 0 aliphatic heterocycles. The van der Waals surface area contributed by atoms with Gasteiger partial charge in [-0.05, 0) is 0 Å². The number of carbonyl (C=O) groups is 1. The van der Waals surface area contributed by atoms with E-state index >= 15 is 0 Å². The van der Waals surface area contributed by atoms with E-state index in [0.29, 0.717) is 5.03 Å². The van der Waals surface area contributed by atoms with Crippen LogP contribution in [0, 0.1) is 0 Å². The second-order valence-electron chi connectivity index (χ2n) is 2.93. The standard InChI is InChI=1S/C9H12N2O3S/c1-6(5-7(12)14-2)15-9-8(13)10-3-4-11-9/h3-4,6H,5H2,1-2H3,(H,10,13). The summed E-state index contributed by atoms with van der Waals surface area (Å²) < 4.78 is 4.53. The van der Waals surface area contributed by atoms with Gasteiger partial charge >= 0.3 is 5.97 Å². The number of nitrogens with one attached hydrogen (secondary N) is 1. The van der Waals surface area contributed by atoms with Gasteiger partial charge in [-0.3, -0.25) is 9.59 Å². The molecular formula is C9H12N2O3S. The molecule has 1 rings (SSSR count). The molecule has 1 aromatic heterocycles. The van der Waals surface area contributed by atoms with Crippen LogP contribution in [0.25, 0.3) is 0 Å². The molecule has 1 N–H and O–H groups in total. The molecule has 0 saturated heterocycles. The van der Waals surface area contributed by atoms with Crippen molar-refractivity contribution in [2.75, 3.05) is 7.11 Å². The summed E-state index contributed by atoms with van der Waals surface area (Å²) in [6, 6.07) is 0. The Hall–Kier alpha value is -1.30. The number of ether oxygens (including phenoxy) is 1. The highest BCUT2D eigenvalue weighted by atomic mass is 32.2. The molecule has 15 heavy (non-hydrogen) atoms. The lowest BCUT2D eigenvalue weighted by molar-refractivity contribution is -0.140. The molecular weight excluding hydrogens is 216 g/mol. The van der Waals surface area contributed by atoms with Crippen molar-refractivity contribution in [1.29, 1.82) is 0 Å². The largest absolute Gasteiger partial charge is 0.469 e. The van der Waals surface area contributed by atoms with Crippen LogP contribution in [0.1, 0.15) is 13.3 Å². The van der Waals surface area contributed by atoms with Gasteiger partial charge in [-0.15, -0.1) is 0 Å². The Morgan fingerprint density at radius 3 is 3.07 bits per heavy atom. The van der Waals surface area contributed by atoms with Crippen molar-refractivity contribution >= 4 is 17.7 Å². The number of thioether (sulfide) groups is 1. The van der Waals surface area contributed by atoms with Gasteiger partial charge in [0.05, 0.1) is 13.5 Å². The van der Waals surface area contributed by atoms with Gasteiger partial charge in [0.1, 0.15) is 0 Å². The highest BCUT2D eigenvalue weighted by Crippen LogP contribution is 2.19. The van der Waals surface area contributed by atoms with E-state index in [0.717, 1.165) is 0 Å². The smallest absolute Gasteiger partial charge is 0.306 e. The molecule has 6 heteroatoms. The number of rotatable bonds is 4. The summed E-state index contributed by atoms with van der Waals surface area (Å²) in [5.41, 5.74) is -0.237. The molecule has 0 aliphatic carbocycles. The Morgan fingerprint density at radius 1 is 1.73 bits per heavy atom. The van der Waals surface area contributed by atoms with E-state index in [-0.39, 0.29) is 23.2 Å². The predicted molar refractivity (Wildman–Crippen MR) is 56.8 cm³/mol. The van der Waals surface area contributed by atoms with Crippen LogP contribution >= 0.6 is 11.8 Å². The summed E-state index contributed by atoms with van der Waals surface area (Å²) >= 11 is 1.26. The van der Waals surface area contributed by atoms with E-state index in [9.17, 15) is 9.59 Å². The summed E-state index contributed by atoms with van der Waals surface area (Å²) in [5.74, 6) is -0.289. The van der Waals surface area contributed by atoms with E-state index in [2.05, 4.69) is 14.7 Å². The van der Waals surface area contributed by atoms with Crippen molar-refractivity contribution in [3.8, 4) is 0 Å². The first kappa shape index (κ1) is 11.8. The van der Waals surface area contributed by atoms with Gasteiger partial charge < -0.3 is 9.72 Å². The molecule has 0 fully saturated rings. The second-order valence-corrected chi connectivity index (χ2v) is 4.36. The molecule has 0 saturated carbocycles. The fraction of sp³-hybridized carbons (Fsp3) is 0.444. The first-order valence-electron chi connectivity index (χ1n) is 4.40. The first-order chi connectivity index (χ1) is 7.13. The van der Waals surface area contributed by atoms with Crippen LogP contribution in [0.2, 0.25) is 0 Å². The number of aromatic nitrogens is 2. The fourth-order valence-corrected chi connectivity index (χ4v) is 1.86. The topological polar surface area (TPSA) is 72.0 Å². The molecule has 1 aromatic rings. The molecule has 1 heterocycles. The summed E-state index contributed by atoms with van der Waals surface area (Å²) in [4.78, 5) is 28.6. The molecule has 1 atom stereocenters. The minimum atomic E-state index is -0.289. The number of hydrogen-bond donors (Lipinski definition) is 1. The number of hydrogen-bond acceptors (Lipinski definition) is 5. The molecule has 0 spiro atoms. The summed E-state index contributed by atoms with van der Waals surface area (Å²) in [6.07, 6.45) is 3.24. The maximum atomic E-state index is 11.3. The van der Waals surface area contributed by atoms with Gasteiger partial charge in [-0.1, -0.05) is 18.7 Å². The number of esters is 1. The van der Waals surface area contributed by atoms with E-state index in [1.807, 2.05) is 6.92 Å². The predicted octanol–water partition coefficient (Wildman–Crippen LogP) is 0.814. The average Bonchev–Trinajstić information content (AvgIpc) is 2.21. The minimum Gasteiger partial charge on any atom is -0.469 e. The van der Waals surface area contributed by atoms with Crippen molar-refractivity contribution in [3.63, 3.8) is 0 Å². The third kappa shape index (κ3) is 3.75. The zero-order valence-corrected chi connectivity index (χ0v) is 9.34. The van der Waals surface area contributed by atoms with Crippen molar-refractivity contribution in [2.24, 2.45) is 0 Å². The highest BCUT2D eigenvalue weighted by molar-refractivity contribution is 7.99. The quantitative estimate of drug-likeness (QED) is 0.610. The van der Waals surface area contributed by atoms with Gasteiger partial charge in [-0.2, -0.15) is 0 Å². The van der Waals surface area contributed by atoms with Crippen molar-refractivity contribution in [1.82, 2.24) is 9.97 Å². The van der Waals surface area contributed by atoms with Gasteiger partial charge in [0, 0.05) is 17.6 Å². The number of carbonyl (C=O) groups excluding carboxylic acids is 1. The Bertz CT molecular complexity index is 391. The van der Waals surface area contributed by atoms with Crippen LogP contribution in [0.3, 0.4) is 0 Å². The van der Waals surface area contributed by atoms with E-state index < -0.39 is 0 Å². The molecule has 5 nitrogen and oxygen atoms in total. The summed E-state index contributed by atoms with van der Waals surface area (Å²) in [6.45, 7) is 1.84. The molecule has 0 aliphatic rings. The Labute approximate surface area is 91.3 Å². The van der Waals surface area contributed by atoms with Crippen LogP contribution in [-0.4, -0.2) is 28.3 Å². The van der Waals surface area contributed by atoms with Gasteiger partial charge in [-0.25, -0.2) is 4.98 Å². The molecule has 82 valence electrons. The van der Waals surface area contributed by atoms with Gasteiger partial charge in [0.15, 0.2) is 5.03 Å². The normalized spacial score (nSPS) is 12.1. The molecule has 0 radical (unpaired) electrons. The van der Waals surface area contributed by atoms with Crippen LogP contribution in [0.15, 0.2) is 22.2 Å². The summed E-state index contributed by atoms with van der Waals surface area (Å²) in [7, 11) is 1.34. The minimum absolute atomic E-state index is 0.0338. The number of nitrogens with zero attached hydrogens (tertiary/aromatic N) is 1. The van der Waals surface area contributed by atoms with Crippen LogP contribution in [0.5, 0.6) is 0 Å². The van der Waals surface area contributed by atoms with Crippen molar-refractivity contribution in [2.45, 2.75) is 23.6 Å². The zero-order valence-electron chi connectivity index (χ0n) is 8.52. The lowest BCUT2D eigenvalue weighted by Crippen LogP contribution is -2.14. The second kappa shape index (κ2) is 5.55. The van der Waals surface area contributed by atoms with Crippen molar-refractivity contribution < 1.29 is 9.53 Å². The highest BCUT2D eigenvalue weighted by Gasteiger charge is 2.12. The fourth-order valence-electron chi connectivity index (χ4n) is 0.973. The Kier molecular flexibility index (Phi) is 4.36. The van der Waals surface area contributed by atoms with Crippen molar-refractivity contribution in [3.05, 3.63) is 22.7 Å². The van der Waals surface area contributed by atoms with Crippen LogP contribution < -0.4 is 5.56 Å². The first-order valence-corrected chi connectivity index (χ1v) is 5.28. The SMILES string of the molecule is COC(=O)CC(C)Sc1ncc[nH]c1=O. The number of aromatic amines is 1. The third-order valence-electron chi connectivity index (χ3n) is 1.67. The number of methoxy groups -OCH3 is 1. The van der Waals surface area contributed by atoms with E-state index in [1.165, 1.54) is 31.3 Å². The molecule has 0 aromatic carbocycles. The van der Waals surface area contributed by atoms with E-state index in [4.69, 9.17) is 0 Å². The number of H-pyrrole nitrogens is 1. The van der Waals surface area contributed by atoms with Crippen LogP contribution in [0.4, 0.5) is 0 Å². The lowest BCUT2D eigenvalue weighted by atomic mass is 10.3. The molecule has 0 amide bonds. The zero-order chi connectivity index (χ0) is 11.3. The maximum absolute atomic E-state index is 11.3. The van der Waals surface area contributed by atoms with Gasteiger partial charge in [0.25, 0.3) is 5.56 Å². The van der Waals surface area contributed by atoms with Crippen LogP contribution in [-0.2, 0) is 9.53 Å². The Balaban J connectivity index is 2.59. The summed E-state index contributed by atoms with van der Waals surface area (Å²) in [5, 5.41) is 0.336. The molecule has 0 bridgehead atoms. The maximum Gasteiger partial charge on any atom is 0.306 e. The lowest BCUT2D eigenvalue weighted by Gasteiger charge is -2.07. The monoisotopic (exact) mass is 228 g/mol. The molecule has 1 unspecified atom stereocenters.